The highest BCUT2D eigenvalue weighted by molar-refractivity contribution is 7.07. The molecule has 1 aliphatic heterocycles. The smallest absolute Gasteiger partial charge is 0.250 e. The Labute approximate surface area is 128 Å². The molecule has 3 rings (SSSR count). The topological polar surface area (TPSA) is 41.4 Å². The molecule has 112 valence electrons. The molecule has 0 atom stereocenters. The van der Waals surface area contributed by atoms with Crippen molar-refractivity contribution in [3.05, 3.63) is 50.8 Å². The fourth-order valence-corrected chi connectivity index (χ4v) is 3.15. The van der Waals surface area contributed by atoms with Crippen molar-refractivity contribution in [1.29, 1.82) is 0 Å². The molecule has 5 nitrogen and oxygen atoms in total. The quantitative estimate of drug-likeness (QED) is 0.850. The average molecular weight is 304 g/mol. The monoisotopic (exact) mass is 304 g/mol. The summed E-state index contributed by atoms with van der Waals surface area (Å²) in [7, 11) is 1.78. The van der Waals surface area contributed by atoms with Gasteiger partial charge in [-0.1, -0.05) is 0 Å². The van der Waals surface area contributed by atoms with E-state index in [0.29, 0.717) is 0 Å². The van der Waals surface area contributed by atoms with Gasteiger partial charge in [0.15, 0.2) is 0 Å². The van der Waals surface area contributed by atoms with Crippen LogP contribution in [-0.4, -0.2) is 45.5 Å². The van der Waals surface area contributed by atoms with Crippen LogP contribution in [0.1, 0.15) is 11.3 Å². The van der Waals surface area contributed by atoms with E-state index in [1.165, 1.54) is 5.69 Å². The minimum Gasteiger partial charge on any atom is -0.319 e. The number of aryl methyl sites for hydroxylation is 1. The standard InChI is InChI=1S/C15H20N4OS/c1-17-3-2-13(8-15(17)20)9-18-4-6-19(7-5-18)10-14-11-21-12-16-14/h2-3,8,11-12H,4-7,9-10H2,1H3. The van der Waals surface area contributed by atoms with E-state index < -0.39 is 0 Å². The summed E-state index contributed by atoms with van der Waals surface area (Å²) in [6, 6.07) is 3.77. The highest BCUT2D eigenvalue weighted by Crippen LogP contribution is 2.11. The molecule has 3 heterocycles. The molecule has 6 heteroatoms. The number of hydrogen-bond donors (Lipinski definition) is 0. The van der Waals surface area contributed by atoms with Gasteiger partial charge in [-0.3, -0.25) is 14.6 Å². The van der Waals surface area contributed by atoms with Gasteiger partial charge < -0.3 is 4.57 Å². The van der Waals surface area contributed by atoms with E-state index in [1.807, 2.05) is 17.8 Å². The minimum absolute atomic E-state index is 0.0645. The first kappa shape index (κ1) is 14.4. The van der Waals surface area contributed by atoms with Crippen LogP contribution in [0.15, 0.2) is 34.0 Å². The number of aromatic nitrogens is 2. The number of hydrogen-bond acceptors (Lipinski definition) is 5. The van der Waals surface area contributed by atoms with Gasteiger partial charge >= 0.3 is 0 Å². The van der Waals surface area contributed by atoms with Crippen molar-refractivity contribution >= 4 is 11.3 Å². The summed E-state index contributed by atoms with van der Waals surface area (Å²) in [4.78, 5) is 20.8. The van der Waals surface area contributed by atoms with Gasteiger partial charge in [0, 0.05) is 64.0 Å². The van der Waals surface area contributed by atoms with Crippen LogP contribution in [0.25, 0.3) is 0 Å². The molecule has 0 amide bonds. The second-order valence-electron chi connectivity index (χ2n) is 5.52. The van der Waals surface area contributed by atoms with Gasteiger partial charge in [0.05, 0.1) is 11.2 Å². The van der Waals surface area contributed by atoms with Crippen molar-refractivity contribution in [3.63, 3.8) is 0 Å². The number of piperazine rings is 1. The molecule has 1 saturated heterocycles. The lowest BCUT2D eigenvalue weighted by atomic mass is 10.2. The van der Waals surface area contributed by atoms with Crippen molar-refractivity contribution in [2.24, 2.45) is 7.05 Å². The molecular weight excluding hydrogens is 284 g/mol. The zero-order valence-electron chi connectivity index (χ0n) is 12.2. The van der Waals surface area contributed by atoms with Crippen LogP contribution in [0.4, 0.5) is 0 Å². The second-order valence-corrected chi connectivity index (χ2v) is 6.23. The first-order chi connectivity index (χ1) is 10.2. The Bertz CT molecular complexity index is 629. The van der Waals surface area contributed by atoms with Crippen molar-refractivity contribution in [3.8, 4) is 0 Å². The number of rotatable bonds is 4. The normalized spacial score (nSPS) is 17.2. The lowest BCUT2D eigenvalue weighted by Crippen LogP contribution is -2.45. The lowest BCUT2D eigenvalue weighted by molar-refractivity contribution is 0.121. The summed E-state index contributed by atoms with van der Waals surface area (Å²) in [5.74, 6) is 0. The van der Waals surface area contributed by atoms with Gasteiger partial charge in [0.1, 0.15) is 0 Å². The molecule has 0 aliphatic carbocycles. The molecule has 0 radical (unpaired) electrons. The van der Waals surface area contributed by atoms with E-state index in [1.54, 1.807) is 29.0 Å². The summed E-state index contributed by atoms with van der Waals surface area (Å²) in [6.07, 6.45) is 1.84. The minimum atomic E-state index is 0.0645. The predicted octanol–water partition coefficient (Wildman–Crippen LogP) is 1.16. The summed E-state index contributed by atoms with van der Waals surface area (Å²) in [5.41, 5.74) is 4.22. The highest BCUT2D eigenvalue weighted by atomic mass is 32.1. The number of pyridine rings is 1. The first-order valence-corrected chi connectivity index (χ1v) is 8.12. The predicted molar refractivity (Wildman–Crippen MR) is 84.4 cm³/mol. The van der Waals surface area contributed by atoms with Crippen LogP contribution < -0.4 is 5.56 Å². The Morgan fingerprint density at radius 3 is 2.52 bits per heavy atom. The zero-order valence-corrected chi connectivity index (χ0v) is 13.1. The van der Waals surface area contributed by atoms with Crippen LogP contribution >= 0.6 is 11.3 Å². The van der Waals surface area contributed by atoms with Crippen molar-refractivity contribution in [2.75, 3.05) is 26.2 Å². The zero-order chi connectivity index (χ0) is 14.7. The van der Waals surface area contributed by atoms with Crippen molar-refractivity contribution in [1.82, 2.24) is 19.4 Å². The summed E-state index contributed by atoms with van der Waals surface area (Å²) < 4.78 is 1.61. The Kier molecular flexibility index (Phi) is 4.48. The molecule has 2 aromatic rings. The molecule has 0 saturated carbocycles. The largest absolute Gasteiger partial charge is 0.319 e. The maximum absolute atomic E-state index is 11.6. The van der Waals surface area contributed by atoms with Gasteiger partial charge in [0.2, 0.25) is 0 Å². The Morgan fingerprint density at radius 2 is 1.90 bits per heavy atom. The molecular formula is C15H20N4OS. The van der Waals surface area contributed by atoms with Gasteiger partial charge in [-0.15, -0.1) is 11.3 Å². The molecule has 0 N–H and O–H groups in total. The van der Waals surface area contributed by atoms with Crippen LogP contribution in [0, 0.1) is 0 Å². The van der Waals surface area contributed by atoms with Crippen LogP contribution in [0.5, 0.6) is 0 Å². The Hall–Kier alpha value is -1.50. The van der Waals surface area contributed by atoms with Crippen LogP contribution in [0.2, 0.25) is 0 Å². The third-order valence-corrected chi connectivity index (χ3v) is 4.54. The SMILES string of the molecule is Cn1ccc(CN2CCN(Cc3cscn3)CC2)cc1=O. The summed E-state index contributed by atoms with van der Waals surface area (Å²) in [5, 5.41) is 2.12. The molecule has 21 heavy (non-hydrogen) atoms. The molecule has 1 aliphatic rings. The molecule has 0 spiro atoms. The molecule has 0 unspecified atom stereocenters. The number of thiazole rings is 1. The van der Waals surface area contributed by atoms with Gasteiger partial charge in [-0.05, 0) is 11.6 Å². The molecule has 2 aromatic heterocycles. The summed E-state index contributed by atoms with van der Waals surface area (Å²) >= 11 is 1.65. The maximum Gasteiger partial charge on any atom is 0.250 e. The van der Waals surface area contributed by atoms with Crippen molar-refractivity contribution < 1.29 is 0 Å². The maximum atomic E-state index is 11.6. The van der Waals surface area contributed by atoms with Crippen LogP contribution in [-0.2, 0) is 20.1 Å². The first-order valence-electron chi connectivity index (χ1n) is 7.18. The Morgan fingerprint density at radius 1 is 1.19 bits per heavy atom. The van der Waals surface area contributed by atoms with E-state index in [9.17, 15) is 4.79 Å². The fourth-order valence-electron chi connectivity index (χ4n) is 2.60. The van der Waals surface area contributed by atoms with E-state index in [0.717, 1.165) is 44.8 Å². The van der Waals surface area contributed by atoms with Gasteiger partial charge in [0.25, 0.3) is 5.56 Å². The lowest BCUT2D eigenvalue weighted by Gasteiger charge is -2.34. The van der Waals surface area contributed by atoms with E-state index in [-0.39, 0.29) is 5.56 Å². The highest BCUT2D eigenvalue weighted by Gasteiger charge is 2.17. The van der Waals surface area contributed by atoms with Gasteiger partial charge in [-0.2, -0.15) is 0 Å². The van der Waals surface area contributed by atoms with E-state index in [4.69, 9.17) is 0 Å². The van der Waals surface area contributed by atoms with E-state index in [2.05, 4.69) is 20.2 Å². The molecule has 1 fully saturated rings. The summed E-state index contributed by atoms with van der Waals surface area (Å²) in [6.45, 7) is 6.01. The third-order valence-electron chi connectivity index (χ3n) is 3.91. The molecule has 0 aromatic carbocycles. The van der Waals surface area contributed by atoms with Gasteiger partial charge in [-0.25, -0.2) is 4.98 Å². The second kappa shape index (κ2) is 6.51. The van der Waals surface area contributed by atoms with E-state index >= 15 is 0 Å². The average Bonchev–Trinajstić information content (AvgIpc) is 2.98. The van der Waals surface area contributed by atoms with Crippen molar-refractivity contribution in [2.45, 2.75) is 13.1 Å². The Balaban J connectivity index is 1.51. The fraction of sp³-hybridized carbons (Fsp3) is 0.467. The number of nitrogens with zero attached hydrogens (tertiary/aromatic N) is 4. The van der Waals surface area contributed by atoms with Crippen LogP contribution in [0.3, 0.4) is 0 Å². The third kappa shape index (κ3) is 3.78. The molecule has 0 bridgehead atoms.